The number of likely N-dealkylation sites (tertiary alicyclic amines) is 1. The first-order valence-electron chi connectivity index (χ1n) is 14.6. The molecule has 0 radical (unpaired) electrons. The number of piperidine rings is 1. The zero-order valence-electron chi connectivity index (χ0n) is 25.3. The van der Waals surface area contributed by atoms with E-state index in [4.69, 9.17) is 21.9 Å². The van der Waals surface area contributed by atoms with Crippen molar-refractivity contribution in [2.75, 3.05) is 18.8 Å². The van der Waals surface area contributed by atoms with Crippen molar-refractivity contribution < 1.29 is 19.1 Å². The molecular formula is C32H43N5O4S. The Bertz CT molecular complexity index is 1430. The molecule has 5 rings (SSSR count). The van der Waals surface area contributed by atoms with Crippen molar-refractivity contribution in [3.63, 3.8) is 0 Å². The Morgan fingerprint density at radius 2 is 1.83 bits per heavy atom. The van der Waals surface area contributed by atoms with Crippen LogP contribution in [0, 0.1) is 0 Å². The van der Waals surface area contributed by atoms with Crippen LogP contribution in [-0.4, -0.2) is 58.7 Å². The van der Waals surface area contributed by atoms with Crippen molar-refractivity contribution >= 4 is 35.2 Å². The summed E-state index contributed by atoms with van der Waals surface area (Å²) in [6, 6.07) is 10.1. The molecule has 0 bridgehead atoms. The van der Waals surface area contributed by atoms with Crippen LogP contribution in [0.4, 0.5) is 10.5 Å². The van der Waals surface area contributed by atoms with Crippen molar-refractivity contribution in [2.45, 2.75) is 99.1 Å². The first kappa shape index (κ1) is 30.4. The van der Waals surface area contributed by atoms with Gasteiger partial charge in [0, 0.05) is 35.6 Å². The van der Waals surface area contributed by atoms with Crippen LogP contribution in [0.25, 0.3) is 0 Å². The number of nitrogens with zero attached hydrogens (tertiary/aromatic N) is 1. The summed E-state index contributed by atoms with van der Waals surface area (Å²) in [6.07, 6.45) is 1.08. The van der Waals surface area contributed by atoms with Crippen LogP contribution in [-0.2, 0) is 25.3 Å². The summed E-state index contributed by atoms with van der Waals surface area (Å²) in [5.74, 6) is -1.13. The number of anilines is 1. The summed E-state index contributed by atoms with van der Waals surface area (Å²) in [4.78, 5) is 43.1. The van der Waals surface area contributed by atoms with Gasteiger partial charge >= 0.3 is 6.09 Å². The first-order valence-corrected chi connectivity index (χ1v) is 15.5. The number of amides is 2. The third-order valence-electron chi connectivity index (χ3n) is 8.50. The summed E-state index contributed by atoms with van der Waals surface area (Å²) in [5.41, 5.74) is 21.7. The summed E-state index contributed by atoms with van der Waals surface area (Å²) in [7, 11) is 0. The average molecular weight is 594 g/mol. The predicted octanol–water partition coefficient (Wildman–Crippen LogP) is 3.75. The standard InChI is InChI=1S/C32H43N5O4S/c1-30(2,3)17-9-7-10-18(15-17)32(35)20-12-13-21(33)25-22(20)23(24(34)27(32)38)26(42-25)28(39)36-19-11-8-14-37(16-19)29(40)41-31(4,5)6/h7,9-10,12-13,15,19,23-24,26H,8,11,14,16,33-35H2,1-6H3,(H,36,39)/t19-,23?,24?,26?,32?/m1/s1. The van der Waals surface area contributed by atoms with E-state index in [0.717, 1.165) is 28.9 Å². The Morgan fingerprint density at radius 3 is 2.50 bits per heavy atom. The van der Waals surface area contributed by atoms with Crippen molar-refractivity contribution in [3.8, 4) is 0 Å². The van der Waals surface area contributed by atoms with E-state index in [2.05, 4.69) is 26.1 Å². The molecule has 4 unspecified atom stereocenters. The molecule has 2 aromatic carbocycles. The molecule has 0 aromatic heterocycles. The Morgan fingerprint density at radius 1 is 1.12 bits per heavy atom. The third kappa shape index (κ3) is 5.29. The maximum absolute atomic E-state index is 14.2. The fourth-order valence-electron chi connectivity index (χ4n) is 6.32. The molecule has 2 amide bonds. The molecule has 5 atom stereocenters. The van der Waals surface area contributed by atoms with Gasteiger partial charge in [0.1, 0.15) is 11.1 Å². The highest BCUT2D eigenvalue weighted by Crippen LogP contribution is 2.56. The number of nitrogens with one attached hydrogen (secondary N) is 1. The van der Waals surface area contributed by atoms with Gasteiger partial charge in [-0.15, -0.1) is 11.8 Å². The number of ether oxygens (including phenoxy) is 1. The normalized spacial score (nSPS) is 27.4. The van der Waals surface area contributed by atoms with Crippen LogP contribution in [0.15, 0.2) is 41.3 Å². The molecular weight excluding hydrogens is 550 g/mol. The van der Waals surface area contributed by atoms with E-state index in [1.165, 1.54) is 11.8 Å². The Labute approximate surface area is 252 Å². The maximum atomic E-state index is 14.2. The molecule has 1 aliphatic carbocycles. The molecule has 226 valence electrons. The van der Waals surface area contributed by atoms with Crippen molar-refractivity contribution in [2.24, 2.45) is 11.5 Å². The van der Waals surface area contributed by atoms with Gasteiger partial charge in [0.2, 0.25) is 5.91 Å². The van der Waals surface area contributed by atoms with Gasteiger partial charge in [-0.1, -0.05) is 51.1 Å². The smallest absolute Gasteiger partial charge is 0.410 e. The fourth-order valence-corrected chi connectivity index (χ4v) is 7.78. The van der Waals surface area contributed by atoms with Gasteiger partial charge < -0.3 is 32.2 Å². The molecule has 2 heterocycles. The van der Waals surface area contributed by atoms with Gasteiger partial charge in [-0.25, -0.2) is 4.79 Å². The predicted molar refractivity (Wildman–Crippen MR) is 165 cm³/mol. The number of nitrogens with two attached hydrogens (primary N) is 3. The Balaban J connectivity index is 1.45. The van der Waals surface area contributed by atoms with Crippen LogP contribution in [0.2, 0.25) is 0 Å². The number of ketones is 1. The molecule has 3 aliphatic rings. The van der Waals surface area contributed by atoms with Gasteiger partial charge in [0.05, 0.1) is 11.3 Å². The second-order valence-corrected chi connectivity index (χ2v) is 15.0. The lowest BCUT2D eigenvalue weighted by Gasteiger charge is -2.42. The van der Waals surface area contributed by atoms with E-state index in [0.29, 0.717) is 29.9 Å². The second kappa shape index (κ2) is 10.6. The van der Waals surface area contributed by atoms with Gasteiger partial charge in [0.25, 0.3) is 0 Å². The van der Waals surface area contributed by atoms with Crippen molar-refractivity contribution in [3.05, 3.63) is 58.7 Å². The summed E-state index contributed by atoms with van der Waals surface area (Å²) in [6.45, 7) is 12.7. The van der Waals surface area contributed by atoms with Crippen LogP contribution in [0.1, 0.15) is 82.6 Å². The number of nitrogen functional groups attached to an aromatic ring is 1. The lowest BCUT2D eigenvalue weighted by molar-refractivity contribution is -0.126. The Kier molecular flexibility index (Phi) is 7.65. The molecule has 0 saturated carbocycles. The van der Waals surface area contributed by atoms with Gasteiger partial charge in [-0.3, -0.25) is 9.59 Å². The highest BCUT2D eigenvalue weighted by molar-refractivity contribution is 8.01. The molecule has 1 saturated heterocycles. The lowest BCUT2D eigenvalue weighted by Crippen LogP contribution is -2.61. The van der Waals surface area contributed by atoms with Crippen molar-refractivity contribution in [1.29, 1.82) is 0 Å². The number of thioether (sulfide) groups is 1. The summed E-state index contributed by atoms with van der Waals surface area (Å²) >= 11 is 1.34. The van der Waals surface area contributed by atoms with E-state index >= 15 is 0 Å². The van der Waals surface area contributed by atoms with Gasteiger partial charge in [0.15, 0.2) is 5.78 Å². The quantitative estimate of drug-likeness (QED) is 0.393. The minimum atomic E-state index is -1.47. The van der Waals surface area contributed by atoms with Gasteiger partial charge in [-0.2, -0.15) is 0 Å². The Hall–Kier alpha value is -3.08. The zero-order chi connectivity index (χ0) is 30.8. The molecule has 2 aliphatic heterocycles. The second-order valence-electron chi connectivity index (χ2n) is 13.8. The molecule has 0 spiro atoms. The number of hydrogen-bond acceptors (Lipinski definition) is 8. The minimum Gasteiger partial charge on any atom is -0.444 e. The van der Waals surface area contributed by atoms with E-state index in [9.17, 15) is 14.4 Å². The number of rotatable bonds is 3. The number of hydrogen-bond donors (Lipinski definition) is 4. The first-order chi connectivity index (χ1) is 19.5. The topological polar surface area (TPSA) is 154 Å². The SMILES string of the molecule is CC(C)(C)OC(=O)N1CCC[C@@H](NC(=O)C2Sc3c(N)ccc4c3C2C(N)C(=O)C4(N)c2cccc(C(C)(C)C)c2)C1. The minimum absolute atomic E-state index is 0.144. The molecule has 9 nitrogen and oxygen atoms in total. The molecule has 10 heteroatoms. The highest BCUT2D eigenvalue weighted by Gasteiger charge is 2.56. The van der Waals surface area contributed by atoms with E-state index in [1.54, 1.807) is 11.0 Å². The molecule has 2 aromatic rings. The van der Waals surface area contributed by atoms with Crippen LogP contribution in [0.3, 0.4) is 0 Å². The number of Topliss-reactive ketones (excluding diaryl/α,β-unsaturated/α-hetero) is 1. The molecule has 7 N–H and O–H groups in total. The number of carbonyl (C=O) groups is 3. The van der Waals surface area contributed by atoms with Crippen molar-refractivity contribution in [1.82, 2.24) is 10.2 Å². The number of carbonyl (C=O) groups excluding carboxylic acids is 3. The van der Waals surface area contributed by atoms with Crippen LogP contribution >= 0.6 is 11.8 Å². The van der Waals surface area contributed by atoms with Crippen LogP contribution < -0.4 is 22.5 Å². The third-order valence-corrected chi connectivity index (χ3v) is 9.95. The van der Waals surface area contributed by atoms with Crippen LogP contribution in [0.5, 0.6) is 0 Å². The summed E-state index contributed by atoms with van der Waals surface area (Å²) < 4.78 is 5.54. The van der Waals surface area contributed by atoms with E-state index in [1.807, 2.05) is 51.1 Å². The zero-order valence-corrected chi connectivity index (χ0v) is 26.1. The van der Waals surface area contributed by atoms with E-state index < -0.39 is 34.4 Å². The summed E-state index contributed by atoms with van der Waals surface area (Å²) in [5, 5.41) is 2.47. The maximum Gasteiger partial charge on any atom is 0.410 e. The highest BCUT2D eigenvalue weighted by atomic mass is 32.2. The largest absolute Gasteiger partial charge is 0.444 e. The average Bonchev–Trinajstić information content (AvgIpc) is 3.32. The molecule has 42 heavy (non-hydrogen) atoms. The monoisotopic (exact) mass is 593 g/mol. The van der Waals surface area contributed by atoms with Gasteiger partial charge in [-0.05, 0) is 67.3 Å². The fraction of sp³-hybridized carbons (Fsp3) is 0.531. The van der Waals surface area contributed by atoms with E-state index in [-0.39, 0.29) is 23.1 Å². The lowest BCUT2D eigenvalue weighted by atomic mass is 9.65. The number of benzene rings is 2. The molecule has 1 fully saturated rings.